The van der Waals surface area contributed by atoms with Gasteiger partial charge in [0.1, 0.15) is 5.75 Å². The molecule has 0 unspecified atom stereocenters. The van der Waals surface area contributed by atoms with Crippen molar-refractivity contribution in [2.75, 3.05) is 6.61 Å². The molecule has 0 bridgehead atoms. The molecule has 10 heteroatoms. The van der Waals surface area contributed by atoms with Gasteiger partial charge >= 0.3 is 0 Å². The molecular weight excluding hydrogens is 494 g/mol. The zero-order valence-electron chi connectivity index (χ0n) is 17.9. The minimum atomic E-state index is -0.532. The first-order valence-electron chi connectivity index (χ1n) is 10.8. The second kappa shape index (κ2) is 9.69. The van der Waals surface area contributed by atoms with Crippen LogP contribution in [-0.4, -0.2) is 28.2 Å². The Labute approximate surface area is 209 Å². The molecule has 0 saturated heterocycles. The molecule has 3 heterocycles. The molecule has 174 valence electrons. The second-order valence-electron chi connectivity index (χ2n) is 8.03. The Morgan fingerprint density at radius 2 is 2.09 bits per heavy atom. The number of non-ortho nitro benzene ring substituents is 1. The van der Waals surface area contributed by atoms with Crippen molar-refractivity contribution in [3.05, 3.63) is 83.7 Å². The Hall–Kier alpha value is -3.01. The van der Waals surface area contributed by atoms with Crippen molar-refractivity contribution in [3.8, 4) is 5.75 Å². The van der Waals surface area contributed by atoms with Crippen LogP contribution in [-0.2, 0) is 4.79 Å². The number of ether oxygens (including phenoxy) is 1. The van der Waals surface area contributed by atoms with E-state index in [4.69, 9.17) is 21.4 Å². The fraction of sp³-hybridized carbons (Fsp3) is 0.250. The highest BCUT2D eigenvalue weighted by Crippen LogP contribution is 2.45. The van der Waals surface area contributed by atoms with Gasteiger partial charge in [0.2, 0.25) is 0 Å². The summed E-state index contributed by atoms with van der Waals surface area (Å²) in [5, 5.41) is 21.4. The first-order valence-corrected chi connectivity index (χ1v) is 12.9. The molecule has 2 aromatic heterocycles. The van der Waals surface area contributed by atoms with Gasteiger partial charge in [-0.15, -0.1) is 22.7 Å². The summed E-state index contributed by atoms with van der Waals surface area (Å²) in [5.41, 5.74) is 2.01. The molecule has 0 radical (unpaired) electrons. The first kappa shape index (κ1) is 22.8. The number of nitro benzene ring substituents is 1. The molecule has 7 nitrogen and oxygen atoms in total. The van der Waals surface area contributed by atoms with Crippen molar-refractivity contribution in [1.82, 2.24) is 5.01 Å². The molecule has 0 spiro atoms. The van der Waals surface area contributed by atoms with Gasteiger partial charge in [-0.3, -0.25) is 14.9 Å². The van der Waals surface area contributed by atoms with Crippen molar-refractivity contribution in [2.24, 2.45) is 11.0 Å². The van der Waals surface area contributed by atoms with Gasteiger partial charge in [-0.2, -0.15) is 5.10 Å². The minimum absolute atomic E-state index is 0.0828. The normalized spacial score (nSPS) is 20.8. The van der Waals surface area contributed by atoms with Crippen LogP contribution in [0.3, 0.4) is 0 Å². The second-order valence-corrected chi connectivity index (χ2v) is 10.4. The maximum absolute atomic E-state index is 13.3. The third-order valence-electron chi connectivity index (χ3n) is 5.93. The van der Waals surface area contributed by atoms with E-state index in [0.717, 1.165) is 29.9 Å². The third kappa shape index (κ3) is 4.51. The monoisotopic (exact) mass is 513 g/mol. The lowest BCUT2D eigenvalue weighted by Crippen LogP contribution is -2.34. The van der Waals surface area contributed by atoms with E-state index in [1.165, 1.54) is 28.6 Å². The Balaban J connectivity index is 1.41. The van der Waals surface area contributed by atoms with Crippen LogP contribution in [0.15, 0.2) is 63.9 Å². The molecule has 1 amide bonds. The molecule has 34 heavy (non-hydrogen) atoms. The van der Waals surface area contributed by atoms with Crippen LogP contribution >= 0.6 is 34.3 Å². The van der Waals surface area contributed by atoms with E-state index in [9.17, 15) is 14.9 Å². The van der Waals surface area contributed by atoms with E-state index in [-0.39, 0.29) is 40.9 Å². The molecule has 0 N–H and O–H groups in total. The molecule has 1 saturated carbocycles. The van der Waals surface area contributed by atoms with E-state index in [1.807, 2.05) is 29.0 Å². The number of carbonyl (C=O) groups is 1. The van der Waals surface area contributed by atoms with Crippen molar-refractivity contribution >= 4 is 57.7 Å². The van der Waals surface area contributed by atoms with Crippen LogP contribution in [0.5, 0.6) is 5.75 Å². The summed E-state index contributed by atoms with van der Waals surface area (Å²) in [7, 11) is 0. The number of halogens is 1. The van der Waals surface area contributed by atoms with Crippen LogP contribution < -0.4 is 4.74 Å². The standard InChI is InChI=1S/C24H20ClN3O4S2/c25-19-13-16(28(30)31)8-9-20(19)32-14-22(29)27-24(21-7-3-11-34-21)18-6-1-4-15(23(18)26-27)12-17-5-2-10-33-17/h2-3,5,7-13,18,24H,1,4,6,14H2/b15-12-/t18-,24-/m0/s1. The van der Waals surface area contributed by atoms with Crippen molar-refractivity contribution in [3.63, 3.8) is 0 Å². The molecule has 1 fully saturated rings. The molecule has 2 atom stereocenters. The summed E-state index contributed by atoms with van der Waals surface area (Å²) < 4.78 is 5.65. The quantitative estimate of drug-likeness (QED) is 0.275. The van der Waals surface area contributed by atoms with Gasteiger partial charge in [0.25, 0.3) is 11.6 Å². The van der Waals surface area contributed by atoms with Gasteiger partial charge in [0.15, 0.2) is 6.61 Å². The van der Waals surface area contributed by atoms with Crippen molar-refractivity contribution in [1.29, 1.82) is 0 Å². The van der Waals surface area contributed by atoms with Crippen LogP contribution in [0.4, 0.5) is 5.69 Å². The number of hydrogen-bond acceptors (Lipinski definition) is 7. The number of nitrogens with zero attached hydrogens (tertiary/aromatic N) is 3. The molecule has 2 aliphatic rings. The van der Waals surface area contributed by atoms with Crippen LogP contribution in [0, 0.1) is 16.0 Å². The average Bonchev–Trinajstić information content (AvgIpc) is 3.58. The highest BCUT2D eigenvalue weighted by Gasteiger charge is 2.44. The van der Waals surface area contributed by atoms with E-state index in [0.29, 0.717) is 0 Å². The van der Waals surface area contributed by atoms with Crippen molar-refractivity contribution < 1.29 is 14.5 Å². The zero-order chi connectivity index (χ0) is 23.7. The number of amides is 1. The number of nitro groups is 1. The molecule has 5 rings (SSSR count). The van der Waals surface area contributed by atoms with Crippen molar-refractivity contribution in [2.45, 2.75) is 25.3 Å². The van der Waals surface area contributed by atoms with E-state index in [2.05, 4.69) is 12.1 Å². The fourth-order valence-corrected chi connectivity index (χ4v) is 6.20. The molecule has 1 aliphatic carbocycles. The number of benzene rings is 1. The first-order chi connectivity index (χ1) is 16.5. The van der Waals surface area contributed by atoms with Crippen LogP contribution in [0.1, 0.15) is 35.1 Å². The SMILES string of the molecule is O=C(COc1ccc([N+](=O)[O-])cc1Cl)N1N=C2/C(=C\c3cccs3)CCC[C@@H]2[C@H]1c1cccs1. The average molecular weight is 514 g/mol. The predicted molar refractivity (Wildman–Crippen MR) is 135 cm³/mol. The van der Waals surface area contributed by atoms with Gasteiger partial charge in [-0.1, -0.05) is 23.7 Å². The maximum atomic E-state index is 13.3. The molecule has 1 aromatic carbocycles. The summed E-state index contributed by atoms with van der Waals surface area (Å²) >= 11 is 9.42. The van der Waals surface area contributed by atoms with Crippen LogP contribution in [0.25, 0.3) is 6.08 Å². The lowest BCUT2D eigenvalue weighted by atomic mass is 9.79. The highest BCUT2D eigenvalue weighted by atomic mass is 35.5. The number of fused-ring (bicyclic) bond motifs is 1. The van der Waals surface area contributed by atoms with E-state index >= 15 is 0 Å². The summed E-state index contributed by atoms with van der Waals surface area (Å²) in [6.45, 7) is -0.271. The number of carbonyl (C=O) groups excluding carboxylic acids is 1. The predicted octanol–water partition coefficient (Wildman–Crippen LogP) is 6.57. The van der Waals surface area contributed by atoms with E-state index in [1.54, 1.807) is 27.7 Å². The lowest BCUT2D eigenvalue weighted by Gasteiger charge is -2.28. The smallest absolute Gasteiger partial charge is 0.281 e. The van der Waals surface area contributed by atoms with Gasteiger partial charge < -0.3 is 4.74 Å². The van der Waals surface area contributed by atoms with Gasteiger partial charge in [-0.05, 0) is 59.9 Å². The molecule has 3 aromatic rings. The summed E-state index contributed by atoms with van der Waals surface area (Å²) in [6.07, 6.45) is 5.12. The number of hydrazone groups is 1. The third-order valence-corrected chi connectivity index (χ3v) is 7.99. The molecule has 1 aliphatic heterocycles. The zero-order valence-corrected chi connectivity index (χ0v) is 20.3. The number of allylic oxidation sites excluding steroid dienone is 1. The summed E-state index contributed by atoms with van der Waals surface area (Å²) in [5.74, 6) is 0.0616. The summed E-state index contributed by atoms with van der Waals surface area (Å²) in [6, 6.07) is 11.9. The number of hydrogen-bond donors (Lipinski definition) is 0. The van der Waals surface area contributed by atoms with Crippen LogP contribution in [0.2, 0.25) is 5.02 Å². The van der Waals surface area contributed by atoms with E-state index < -0.39 is 4.92 Å². The van der Waals surface area contributed by atoms with Gasteiger partial charge in [0, 0.05) is 27.8 Å². The topological polar surface area (TPSA) is 85.0 Å². The Bertz CT molecular complexity index is 1270. The molecular formula is C24H20ClN3O4S2. The lowest BCUT2D eigenvalue weighted by molar-refractivity contribution is -0.384. The Morgan fingerprint density at radius 3 is 2.79 bits per heavy atom. The Kier molecular flexibility index (Phi) is 6.49. The highest BCUT2D eigenvalue weighted by molar-refractivity contribution is 7.11. The minimum Gasteiger partial charge on any atom is -0.482 e. The summed E-state index contributed by atoms with van der Waals surface area (Å²) in [4.78, 5) is 26.0. The fourth-order valence-electron chi connectivity index (χ4n) is 4.42. The number of rotatable bonds is 6. The van der Waals surface area contributed by atoms with Gasteiger partial charge in [0.05, 0.1) is 21.7 Å². The Morgan fingerprint density at radius 1 is 1.26 bits per heavy atom. The van der Waals surface area contributed by atoms with Gasteiger partial charge in [-0.25, -0.2) is 5.01 Å². The number of thiophene rings is 2. The maximum Gasteiger partial charge on any atom is 0.281 e. The largest absolute Gasteiger partial charge is 0.482 e.